The Hall–Kier alpha value is -8.05. The molecule has 4 aromatic heterocycles. The summed E-state index contributed by atoms with van der Waals surface area (Å²) in [6.45, 7) is 0. The zero-order valence-electron chi connectivity index (χ0n) is 34.0. The monoisotopic (exact) mass is 817 g/mol. The summed E-state index contributed by atoms with van der Waals surface area (Å²) in [4.78, 5) is 5.56. The first-order valence-corrected chi connectivity index (χ1v) is 22.3. The number of pyridine rings is 1. The lowest BCUT2D eigenvalue weighted by molar-refractivity contribution is 1.18. The average molecular weight is 818 g/mol. The molecule has 0 aliphatic rings. The molecule has 10 aromatic carbocycles. The molecule has 63 heavy (non-hydrogen) atoms. The standard InChI is InChI=1S/C59H35N3S/c1-2-12-43(13-3-1)61-51-17-9-8-16-47(51)49-34-42(27-31-52(49)61)38-20-18-36(19-21-38)37-22-24-41(25-23-37)54-35-50-56-45-15-7-5-11-40(45)28-33-55(56)63-58(50)59-60-57-48-29-26-39-10-4-6-14-44(39)46(48)30-32-53(57)62(54)59/h1-35H. The highest BCUT2D eigenvalue weighted by atomic mass is 32.1. The van der Waals surface area contributed by atoms with E-state index in [0.29, 0.717) is 0 Å². The Kier molecular flexibility index (Phi) is 7.27. The fraction of sp³-hybridized carbons (Fsp3) is 0. The second-order valence-corrected chi connectivity index (χ2v) is 17.7. The van der Waals surface area contributed by atoms with Crippen LogP contribution < -0.4 is 0 Å². The van der Waals surface area contributed by atoms with Crippen LogP contribution in [0.1, 0.15) is 0 Å². The molecule has 0 amide bonds. The molecular formula is C59H35N3S. The number of benzene rings is 10. The van der Waals surface area contributed by atoms with E-state index in [4.69, 9.17) is 4.98 Å². The largest absolute Gasteiger partial charge is 0.309 e. The lowest BCUT2D eigenvalue weighted by Gasteiger charge is -2.11. The van der Waals surface area contributed by atoms with E-state index in [-0.39, 0.29) is 0 Å². The van der Waals surface area contributed by atoms with Crippen molar-refractivity contribution in [2.24, 2.45) is 0 Å². The number of hydrogen-bond acceptors (Lipinski definition) is 2. The Bertz CT molecular complexity index is 4170. The van der Waals surface area contributed by atoms with Crippen LogP contribution in [0.3, 0.4) is 0 Å². The number of aromatic nitrogens is 3. The first-order valence-electron chi connectivity index (χ1n) is 21.5. The second-order valence-electron chi connectivity index (χ2n) is 16.7. The molecule has 0 N–H and O–H groups in total. The Balaban J connectivity index is 0.897. The van der Waals surface area contributed by atoms with Crippen molar-refractivity contribution in [2.45, 2.75) is 0 Å². The Labute approximate surface area is 366 Å². The molecule has 0 aliphatic heterocycles. The van der Waals surface area contributed by atoms with Crippen LogP contribution in [0.15, 0.2) is 212 Å². The topological polar surface area (TPSA) is 22.2 Å². The van der Waals surface area contributed by atoms with E-state index in [1.807, 2.05) is 11.3 Å². The molecule has 0 spiro atoms. The summed E-state index contributed by atoms with van der Waals surface area (Å²) in [5.74, 6) is 0. The molecule has 0 bridgehead atoms. The third-order valence-corrected chi connectivity index (χ3v) is 14.5. The molecule has 0 unspecified atom stereocenters. The molecule has 4 heterocycles. The number of fused-ring (bicyclic) bond motifs is 16. The van der Waals surface area contributed by atoms with Crippen molar-refractivity contribution in [1.82, 2.24) is 14.0 Å². The van der Waals surface area contributed by atoms with E-state index in [9.17, 15) is 0 Å². The number of para-hydroxylation sites is 2. The molecule has 14 rings (SSSR count). The number of thiophene rings is 1. The van der Waals surface area contributed by atoms with Crippen LogP contribution in [0.5, 0.6) is 0 Å². The van der Waals surface area contributed by atoms with Crippen molar-refractivity contribution in [3.05, 3.63) is 212 Å². The van der Waals surface area contributed by atoms with Crippen molar-refractivity contribution in [3.63, 3.8) is 0 Å². The number of rotatable bonds is 4. The van der Waals surface area contributed by atoms with Crippen LogP contribution in [0.4, 0.5) is 0 Å². The molecule has 0 fully saturated rings. The summed E-state index contributed by atoms with van der Waals surface area (Å²) in [5, 5.41) is 12.5. The van der Waals surface area contributed by atoms with Crippen molar-refractivity contribution >= 4 is 102 Å². The quantitative estimate of drug-likeness (QED) is 0.162. The van der Waals surface area contributed by atoms with Crippen LogP contribution in [-0.4, -0.2) is 14.0 Å². The van der Waals surface area contributed by atoms with Crippen LogP contribution in [0, 0.1) is 0 Å². The third kappa shape index (κ3) is 5.10. The van der Waals surface area contributed by atoms with E-state index in [1.165, 1.54) is 102 Å². The van der Waals surface area contributed by atoms with E-state index in [0.717, 1.165) is 27.9 Å². The predicted molar refractivity (Wildman–Crippen MR) is 269 cm³/mol. The van der Waals surface area contributed by atoms with E-state index < -0.39 is 0 Å². The average Bonchev–Trinajstić information content (AvgIpc) is 4.04. The van der Waals surface area contributed by atoms with Gasteiger partial charge < -0.3 is 4.57 Å². The van der Waals surface area contributed by atoms with Gasteiger partial charge in [-0.3, -0.25) is 4.40 Å². The van der Waals surface area contributed by atoms with Gasteiger partial charge in [0.1, 0.15) is 0 Å². The Morgan fingerprint density at radius 3 is 1.75 bits per heavy atom. The smallest absolute Gasteiger partial charge is 0.156 e. The maximum atomic E-state index is 5.56. The first-order chi connectivity index (χ1) is 31.2. The molecule has 3 nitrogen and oxygen atoms in total. The summed E-state index contributed by atoms with van der Waals surface area (Å²) in [6, 6.07) is 77.8. The zero-order valence-corrected chi connectivity index (χ0v) is 34.8. The molecular weight excluding hydrogens is 783 g/mol. The fourth-order valence-electron chi connectivity index (χ4n) is 10.3. The fourth-order valence-corrected chi connectivity index (χ4v) is 11.5. The number of hydrogen-bond donors (Lipinski definition) is 0. The second kappa shape index (κ2) is 13.2. The zero-order chi connectivity index (χ0) is 41.2. The maximum Gasteiger partial charge on any atom is 0.156 e. The highest BCUT2D eigenvalue weighted by molar-refractivity contribution is 7.26. The van der Waals surface area contributed by atoms with Gasteiger partial charge in [0.05, 0.1) is 32.5 Å². The normalized spacial score (nSPS) is 12.1. The van der Waals surface area contributed by atoms with Gasteiger partial charge in [-0.1, -0.05) is 164 Å². The Morgan fingerprint density at radius 1 is 0.365 bits per heavy atom. The highest BCUT2D eigenvalue weighted by Gasteiger charge is 2.21. The summed E-state index contributed by atoms with van der Waals surface area (Å²) < 4.78 is 7.27. The third-order valence-electron chi connectivity index (χ3n) is 13.3. The minimum absolute atomic E-state index is 1.01. The van der Waals surface area contributed by atoms with Gasteiger partial charge in [0.2, 0.25) is 0 Å². The van der Waals surface area contributed by atoms with Gasteiger partial charge in [0, 0.05) is 37.3 Å². The molecule has 0 saturated carbocycles. The van der Waals surface area contributed by atoms with Gasteiger partial charge in [-0.2, -0.15) is 0 Å². The molecule has 0 saturated heterocycles. The van der Waals surface area contributed by atoms with Gasteiger partial charge in [0.15, 0.2) is 5.65 Å². The summed E-state index contributed by atoms with van der Waals surface area (Å²) in [5.41, 5.74) is 13.8. The van der Waals surface area contributed by atoms with Crippen molar-refractivity contribution in [3.8, 4) is 39.2 Å². The molecule has 0 atom stereocenters. The van der Waals surface area contributed by atoms with Crippen molar-refractivity contribution in [1.29, 1.82) is 0 Å². The maximum absolute atomic E-state index is 5.56. The van der Waals surface area contributed by atoms with E-state index >= 15 is 0 Å². The predicted octanol–water partition coefficient (Wildman–Crippen LogP) is 16.4. The molecule has 14 aromatic rings. The van der Waals surface area contributed by atoms with Crippen LogP contribution in [-0.2, 0) is 0 Å². The van der Waals surface area contributed by atoms with Crippen LogP contribution in [0.2, 0.25) is 0 Å². The van der Waals surface area contributed by atoms with Gasteiger partial charge in [0.25, 0.3) is 0 Å². The van der Waals surface area contributed by atoms with E-state index in [1.54, 1.807) is 0 Å². The summed E-state index contributed by atoms with van der Waals surface area (Å²) >= 11 is 1.85. The molecule has 4 heteroatoms. The van der Waals surface area contributed by atoms with E-state index in [2.05, 4.69) is 221 Å². The Morgan fingerprint density at radius 2 is 0.952 bits per heavy atom. The minimum Gasteiger partial charge on any atom is -0.309 e. The van der Waals surface area contributed by atoms with Crippen LogP contribution >= 0.6 is 11.3 Å². The van der Waals surface area contributed by atoms with Gasteiger partial charge in [-0.05, 0) is 103 Å². The summed E-state index contributed by atoms with van der Waals surface area (Å²) in [6.07, 6.45) is 0. The molecule has 0 radical (unpaired) electrons. The van der Waals surface area contributed by atoms with Crippen molar-refractivity contribution in [2.75, 3.05) is 0 Å². The number of imidazole rings is 1. The number of nitrogens with zero attached hydrogens (tertiary/aromatic N) is 3. The first kappa shape index (κ1) is 34.6. The van der Waals surface area contributed by atoms with Gasteiger partial charge in [-0.15, -0.1) is 11.3 Å². The molecule has 292 valence electrons. The van der Waals surface area contributed by atoms with Crippen LogP contribution in [0.25, 0.3) is 130 Å². The van der Waals surface area contributed by atoms with Gasteiger partial charge in [-0.25, -0.2) is 4.98 Å². The van der Waals surface area contributed by atoms with Crippen molar-refractivity contribution < 1.29 is 0 Å². The lowest BCUT2D eigenvalue weighted by atomic mass is 9.97. The molecule has 0 aliphatic carbocycles. The lowest BCUT2D eigenvalue weighted by Crippen LogP contribution is -1.93. The SMILES string of the molecule is c1ccc(-n2c3ccccc3c3cc(-c4ccc(-c5ccc(-c6cc7c(sc8ccc9ccccc9c87)c7nc8c9ccc%10ccccc%10c9ccc8n67)cc5)cc4)ccc32)cc1. The summed E-state index contributed by atoms with van der Waals surface area (Å²) in [7, 11) is 0. The highest BCUT2D eigenvalue weighted by Crippen LogP contribution is 2.45. The minimum atomic E-state index is 1.01. The van der Waals surface area contributed by atoms with Gasteiger partial charge >= 0.3 is 0 Å².